The van der Waals surface area contributed by atoms with E-state index >= 15 is 0 Å². The molecule has 96 valence electrons. The molecule has 3 atom stereocenters. The predicted octanol–water partition coefficient (Wildman–Crippen LogP) is 2.84. The van der Waals surface area contributed by atoms with Crippen LogP contribution in [0, 0.1) is 11.8 Å². The molecule has 4 heteroatoms. The monoisotopic (exact) mass is 249 g/mol. The lowest BCUT2D eigenvalue weighted by molar-refractivity contribution is -0.140. The first-order chi connectivity index (χ1) is 7.02. The molecule has 0 aliphatic heterocycles. The van der Waals surface area contributed by atoms with Gasteiger partial charge in [0.2, 0.25) is 0 Å². The van der Waals surface area contributed by atoms with Gasteiger partial charge in [-0.25, -0.2) is 0 Å². The van der Waals surface area contributed by atoms with E-state index in [1.807, 2.05) is 13.0 Å². The highest BCUT2D eigenvalue weighted by molar-refractivity contribution is 5.85. The lowest BCUT2D eigenvalue weighted by Gasteiger charge is -2.22. The molecule has 16 heavy (non-hydrogen) atoms. The van der Waals surface area contributed by atoms with Crippen molar-refractivity contribution in [2.75, 3.05) is 0 Å². The summed E-state index contributed by atoms with van der Waals surface area (Å²) in [6, 6.07) is -0.721. The maximum absolute atomic E-state index is 10.8. The van der Waals surface area contributed by atoms with E-state index in [1.54, 1.807) is 0 Å². The van der Waals surface area contributed by atoms with Crippen LogP contribution in [0.25, 0.3) is 0 Å². The van der Waals surface area contributed by atoms with Gasteiger partial charge in [0.1, 0.15) is 6.04 Å². The third kappa shape index (κ3) is 6.85. The van der Waals surface area contributed by atoms with Crippen molar-refractivity contribution in [2.24, 2.45) is 17.6 Å². The molecule has 0 saturated heterocycles. The quantitative estimate of drug-likeness (QED) is 0.651. The van der Waals surface area contributed by atoms with Gasteiger partial charge in [0.25, 0.3) is 0 Å². The number of nitrogens with two attached hydrogens (primary N) is 1. The first kappa shape index (κ1) is 17.8. The molecule has 0 fully saturated rings. The van der Waals surface area contributed by atoms with Crippen LogP contribution in [0.4, 0.5) is 0 Å². The summed E-state index contributed by atoms with van der Waals surface area (Å²) in [5, 5.41) is 8.83. The summed E-state index contributed by atoms with van der Waals surface area (Å²) in [5.74, 6) is -0.293. The summed E-state index contributed by atoms with van der Waals surface area (Å²) >= 11 is 0. The maximum atomic E-state index is 10.8. The third-order valence-electron chi connectivity index (χ3n) is 2.89. The van der Waals surface area contributed by atoms with Crippen LogP contribution in [-0.2, 0) is 4.79 Å². The van der Waals surface area contributed by atoms with Gasteiger partial charge < -0.3 is 10.8 Å². The second-order valence-electron chi connectivity index (χ2n) is 4.24. The minimum Gasteiger partial charge on any atom is -0.480 e. The Morgan fingerprint density at radius 3 is 2.50 bits per heavy atom. The van der Waals surface area contributed by atoms with Crippen molar-refractivity contribution in [3.8, 4) is 0 Å². The number of carbonyl (C=O) groups is 1. The number of hydrogen-bond donors (Lipinski definition) is 2. The van der Waals surface area contributed by atoms with Crippen molar-refractivity contribution >= 4 is 18.4 Å². The zero-order valence-electron chi connectivity index (χ0n) is 10.2. The van der Waals surface area contributed by atoms with E-state index in [2.05, 4.69) is 13.5 Å². The second-order valence-corrected chi connectivity index (χ2v) is 4.24. The summed E-state index contributed by atoms with van der Waals surface area (Å²) in [6.45, 7) is 7.81. The lowest BCUT2D eigenvalue weighted by atomic mass is 9.86. The molecular weight excluding hydrogens is 226 g/mol. The molecule has 0 rings (SSSR count). The zero-order chi connectivity index (χ0) is 11.8. The van der Waals surface area contributed by atoms with Crippen molar-refractivity contribution in [3.63, 3.8) is 0 Å². The number of hydrogen-bond acceptors (Lipinski definition) is 2. The molecule has 3 N–H and O–H groups in total. The normalized spacial score (nSPS) is 15.7. The number of allylic oxidation sites excluding steroid dienone is 1. The first-order valence-corrected chi connectivity index (χ1v) is 5.62. The number of halogens is 1. The van der Waals surface area contributed by atoms with Gasteiger partial charge in [-0.15, -0.1) is 19.0 Å². The fraction of sp³-hybridized carbons (Fsp3) is 0.750. The van der Waals surface area contributed by atoms with E-state index in [0.717, 1.165) is 25.7 Å². The highest BCUT2D eigenvalue weighted by Gasteiger charge is 2.23. The molecule has 0 aromatic carbocycles. The van der Waals surface area contributed by atoms with E-state index in [-0.39, 0.29) is 18.3 Å². The molecule has 3 nitrogen and oxygen atoms in total. The van der Waals surface area contributed by atoms with Crippen LogP contribution in [-0.4, -0.2) is 17.1 Å². The van der Waals surface area contributed by atoms with Gasteiger partial charge in [0.05, 0.1) is 0 Å². The van der Waals surface area contributed by atoms with Gasteiger partial charge in [-0.2, -0.15) is 0 Å². The van der Waals surface area contributed by atoms with Crippen LogP contribution in [0.3, 0.4) is 0 Å². The van der Waals surface area contributed by atoms with Gasteiger partial charge in [-0.3, -0.25) is 4.79 Å². The fourth-order valence-corrected chi connectivity index (χ4v) is 1.81. The Kier molecular flexibility index (Phi) is 10.8. The molecular formula is C12H24ClNO2. The Bertz CT molecular complexity index is 209. The Morgan fingerprint density at radius 1 is 1.56 bits per heavy atom. The minimum atomic E-state index is -0.891. The minimum absolute atomic E-state index is 0. The SMILES string of the molecule is C=CCCC(C)CC(CC)C(N)C(=O)O.Cl. The van der Waals surface area contributed by atoms with Gasteiger partial charge in [-0.1, -0.05) is 26.3 Å². The fourth-order valence-electron chi connectivity index (χ4n) is 1.81. The van der Waals surface area contributed by atoms with E-state index < -0.39 is 12.0 Å². The smallest absolute Gasteiger partial charge is 0.320 e. The van der Waals surface area contributed by atoms with Crippen LogP contribution in [0.1, 0.15) is 39.5 Å². The molecule has 0 saturated carbocycles. The molecule has 0 aliphatic rings. The molecule has 0 aromatic rings. The van der Waals surface area contributed by atoms with Crippen molar-refractivity contribution in [3.05, 3.63) is 12.7 Å². The molecule has 0 amide bonds. The number of aliphatic carboxylic acids is 1. The largest absolute Gasteiger partial charge is 0.480 e. The van der Waals surface area contributed by atoms with Crippen molar-refractivity contribution < 1.29 is 9.90 Å². The van der Waals surface area contributed by atoms with Crippen molar-refractivity contribution in [2.45, 2.75) is 45.6 Å². The van der Waals surface area contributed by atoms with Crippen molar-refractivity contribution in [1.29, 1.82) is 0 Å². The number of rotatable bonds is 8. The molecule has 3 unspecified atom stereocenters. The highest BCUT2D eigenvalue weighted by Crippen LogP contribution is 2.21. The Hall–Kier alpha value is -0.540. The van der Waals surface area contributed by atoms with Crippen LogP contribution < -0.4 is 5.73 Å². The lowest BCUT2D eigenvalue weighted by Crippen LogP contribution is -2.38. The Balaban J connectivity index is 0. The maximum Gasteiger partial charge on any atom is 0.320 e. The molecule has 0 aromatic heterocycles. The summed E-state index contributed by atoms with van der Waals surface area (Å²) < 4.78 is 0. The molecule has 0 spiro atoms. The van der Waals surface area contributed by atoms with Gasteiger partial charge >= 0.3 is 5.97 Å². The van der Waals surface area contributed by atoms with Gasteiger partial charge in [-0.05, 0) is 31.1 Å². The molecule has 0 radical (unpaired) electrons. The third-order valence-corrected chi connectivity index (χ3v) is 2.89. The van der Waals surface area contributed by atoms with E-state index in [4.69, 9.17) is 10.8 Å². The van der Waals surface area contributed by atoms with Crippen LogP contribution in [0.2, 0.25) is 0 Å². The summed E-state index contributed by atoms with van der Waals surface area (Å²) in [5.41, 5.74) is 5.63. The number of carboxylic acid groups (broad SMARTS) is 1. The standard InChI is InChI=1S/C12H23NO2.ClH/c1-4-6-7-9(3)8-10(5-2)11(13)12(14)15;/h4,9-11H,1,5-8,13H2,2-3H3,(H,14,15);1H. The zero-order valence-corrected chi connectivity index (χ0v) is 11.0. The predicted molar refractivity (Wildman–Crippen MR) is 69.9 cm³/mol. The average molecular weight is 250 g/mol. The van der Waals surface area contributed by atoms with Gasteiger partial charge in [0.15, 0.2) is 0 Å². The second kappa shape index (κ2) is 9.67. The first-order valence-electron chi connectivity index (χ1n) is 5.62. The summed E-state index contributed by atoms with van der Waals surface area (Å²) in [7, 11) is 0. The Labute approximate surface area is 105 Å². The average Bonchev–Trinajstić information content (AvgIpc) is 2.21. The van der Waals surface area contributed by atoms with E-state index in [9.17, 15) is 4.79 Å². The Morgan fingerprint density at radius 2 is 2.12 bits per heavy atom. The summed E-state index contributed by atoms with van der Waals surface area (Å²) in [4.78, 5) is 10.8. The van der Waals surface area contributed by atoms with Crippen LogP contribution in [0.5, 0.6) is 0 Å². The number of carboxylic acids is 1. The topological polar surface area (TPSA) is 63.3 Å². The van der Waals surface area contributed by atoms with Crippen LogP contribution in [0.15, 0.2) is 12.7 Å². The van der Waals surface area contributed by atoms with E-state index in [0.29, 0.717) is 5.92 Å². The van der Waals surface area contributed by atoms with Crippen LogP contribution >= 0.6 is 12.4 Å². The molecule has 0 heterocycles. The molecule has 0 aliphatic carbocycles. The van der Waals surface area contributed by atoms with Crippen molar-refractivity contribution in [1.82, 2.24) is 0 Å². The summed E-state index contributed by atoms with van der Waals surface area (Å²) in [6.07, 6.45) is 5.66. The van der Waals surface area contributed by atoms with Gasteiger partial charge in [0, 0.05) is 0 Å². The highest BCUT2D eigenvalue weighted by atomic mass is 35.5. The van der Waals surface area contributed by atoms with E-state index in [1.165, 1.54) is 0 Å². The molecule has 0 bridgehead atoms.